The summed E-state index contributed by atoms with van der Waals surface area (Å²) in [4.78, 5) is 23.3. The Morgan fingerprint density at radius 2 is 2.07 bits per heavy atom. The first-order valence-electron chi connectivity index (χ1n) is 5.36. The van der Waals surface area contributed by atoms with Crippen LogP contribution >= 0.6 is 0 Å². The van der Waals surface area contributed by atoms with Crippen molar-refractivity contribution in [2.45, 2.75) is 39.2 Å². The van der Waals surface area contributed by atoms with Crippen LogP contribution in [0.5, 0.6) is 0 Å². The molecule has 0 aromatic heterocycles. The largest absolute Gasteiger partial charge is 0.459 e. The van der Waals surface area contributed by atoms with E-state index in [9.17, 15) is 9.59 Å². The van der Waals surface area contributed by atoms with Gasteiger partial charge in [-0.2, -0.15) is 0 Å². The van der Waals surface area contributed by atoms with Gasteiger partial charge in [-0.3, -0.25) is 9.59 Å². The zero-order valence-electron chi connectivity index (χ0n) is 9.63. The van der Waals surface area contributed by atoms with Crippen LogP contribution in [0.2, 0.25) is 0 Å². The summed E-state index contributed by atoms with van der Waals surface area (Å²) in [7, 11) is 0. The summed E-state index contributed by atoms with van der Waals surface area (Å²) in [5, 5.41) is 3.10. The van der Waals surface area contributed by atoms with Crippen LogP contribution in [0.4, 0.5) is 0 Å². The third kappa shape index (κ3) is 4.00. The lowest BCUT2D eigenvalue weighted by atomic mass is 9.99. The molecule has 0 aliphatic carbocycles. The minimum Gasteiger partial charge on any atom is -0.459 e. The normalized spacial score (nSPS) is 23.4. The Bertz CT molecular complexity index is 255. The standard InChI is InChI=1S/C11H19NO3/c1-11(2,3)15-10(14)8-4-6-12-7-5-9(8)13/h8,12H,4-7H2,1-3H3. The monoisotopic (exact) mass is 213 g/mol. The van der Waals surface area contributed by atoms with E-state index in [-0.39, 0.29) is 11.8 Å². The highest BCUT2D eigenvalue weighted by molar-refractivity contribution is 5.99. The predicted octanol–water partition coefficient (Wildman–Crippen LogP) is 0.897. The first-order valence-corrected chi connectivity index (χ1v) is 5.36. The molecule has 1 N–H and O–H groups in total. The highest BCUT2D eigenvalue weighted by Gasteiger charge is 2.31. The quantitative estimate of drug-likeness (QED) is 0.519. The molecule has 4 nitrogen and oxygen atoms in total. The molecule has 1 saturated heterocycles. The molecule has 1 atom stereocenters. The van der Waals surface area contributed by atoms with Gasteiger partial charge in [0.1, 0.15) is 17.3 Å². The molecule has 1 aliphatic heterocycles. The van der Waals surface area contributed by atoms with Crippen molar-refractivity contribution in [3.8, 4) is 0 Å². The molecule has 1 rings (SSSR count). The number of carbonyl (C=O) groups excluding carboxylic acids is 2. The summed E-state index contributed by atoms with van der Waals surface area (Å²) in [6.07, 6.45) is 0.970. The summed E-state index contributed by atoms with van der Waals surface area (Å²) in [5.41, 5.74) is -0.517. The number of ketones is 1. The summed E-state index contributed by atoms with van der Waals surface area (Å²) >= 11 is 0. The Balaban J connectivity index is 2.60. The van der Waals surface area contributed by atoms with Crippen LogP contribution in [0.1, 0.15) is 33.6 Å². The average molecular weight is 213 g/mol. The number of hydrogen-bond donors (Lipinski definition) is 1. The number of rotatable bonds is 1. The van der Waals surface area contributed by atoms with Crippen molar-refractivity contribution in [1.29, 1.82) is 0 Å². The van der Waals surface area contributed by atoms with E-state index in [1.165, 1.54) is 0 Å². The highest BCUT2D eigenvalue weighted by Crippen LogP contribution is 2.16. The van der Waals surface area contributed by atoms with E-state index in [0.717, 1.165) is 0 Å². The fraction of sp³-hybridized carbons (Fsp3) is 0.818. The van der Waals surface area contributed by atoms with Gasteiger partial charge in [-0.1, -0.05) is 0 Å². The van der Waals surface area contributed by atoms with Crippen molar-refractivity contribution < 1.29 is 14.3 Å². The zero-order valence-corrected chi connectivity index (χ0v) is 9.63. The van der Waals surface area contributed by atoms with E-state index < -0.39 is 11.5 Å². The molecule has 0 spiro atoms. The molecule has 1 aliphatic rings. The minimum absolute atomic E-state index is 0.00532. The molecule has 0 amide bonds. The summed E-state index contributed by atoms with van der Waals surface area (Å²) < 4.78 is 5.22. The van der Waals surface area contributed by atoms with Crippen molar-refractivity contribution in [2.75, 3.05) is 13.1 Å². The molecule has 0 saturated carbocycles. The van der Waals surface area contributed by atoms with E-state index in [1.807, 2.05) is 20.8 Å². The predicted molar refractivity (Wildman–Crippen MR) is 56.4 cm³/mol. The molecule has 1 unspecified atom stereocenters. The molecular weight excluding hydrogens is 194 g/mol. The van der Waals surface area contributed by atoms with Crippen LogP contribution in [0, 0.1) is 5.92 Å². The van der Waals surface area contributed by atoms with E-state index in [1.54, 1.807) is 0 Å². The third-order valence-electron chi connectivity index (χ3n) is 2.24. The Morgan fingerprint density at radius 3 is 2.67 bits per heavy atom. The lowest BCUT2D eigenvalue weighted by Gasteiger charge is -2.22. The van der Waals surface area contributed by atoms with Gasteiger partial charge in [-0.05, 0) is 33.7 Å². The van der Waals surface area contributed by atoms with Gasteiger partial charge in [0.15, 0.2) is 0 Å². The second kappa shape index (κ2) is 4.75. The Labute approximate surface area is 90.4 Å². The van der Waals surface area contributed by atoms with Gasteiger partial charge >= 0.3 is 5.97 Å². The maximum absolute atomic E-state index is 11.7. The van der Waals surface area contributed by atoms with Gasteiger partial charge in [0.25, 0.3) is 0 Å². The topological polar surface area (TPSA) is 55.4 Å². The maximum atomic E-state index is 11.7. The van der Waals surface area contributed by atoms with Crippen LogP contribution in [0.25, 0.3) is 0 Å². The van der Waals surface area contributed by atoms with Crippen molar-refractivity contribution in [2.24, 2.45) is 5.92 Å². The van der Waals surface area contributed by atoms with Crippen LogP contribution in [0.3, 0.4) is 0 Å². The van der Waals surface area contributed by atoms with Crippen LogP contribution in [-0.4, -0.2) is 30.4 Å². The maximum Gasteiger partial charge on any atom is 0.317 e. The lowest BCUT2D eigenvalue weighted by molar-refractivity contribution is -0.162. The summed E-state index contributed by atoms with van der Waals surface area (Å²) in [6.45, 7) is 6.80. The van der Waals surface area contributed by atoms with Crippen molar-refractivity contribution >= 4 is 11.8 Å². The highest BCUT2D eigenvalue weighted by atomic mass is 16.6. The van der Waals surface area contributed by atoms with Crippen molar-refractivity contribution in [3.63, 3.8) is 0 Å². The molecule has 86 valence electrons. The van der Waals surface area contributed by atoms with Gasteiger partial charge in [0, 0.05) is 13.0 Å². The molecular formula is C11H19NO3. The Morgan fingerprint density at radius 1 is 1.40 bits per heavy atom. The average Bonchev–Trinajstić information content (AvgIpc) is 2.26. The van der Waals surface area contributed by atoms with Gasteiger partial charge in [-0.25, -0.2) is 0 Å². The first kappa shape index (κ1) is 12.2. The smallest absolute Gasteiger partial charge is 0.317 e. The first-order chi connectivity index (χ1) is 6.90. The fourth-order valence-electron chi connectivity index (χ4n) is 1.54. The fourth-order valence-corrected chi connectivity index (χ4v) is 1.54. The van der Waals surface area contributed by atoms with Crippen molar-refractivity contribution in [1.82, 2.24) is 5.32 Å². The molecule has 15 heavy (non-hydrogen) atoms. The van der Waals surface area contributed by atoms with E-state index >= 15 is 0 Å². The van der Waals surface area contributed by atoms with E-state index in [0.29, 0.717) is 25.9 Å². The van der Waals surface area contributed by atoms with E-state index in [2.05, 4.69) is 5.32 Å². The van der Waals surface area contributed by atoms with Crippen LogP contribution in [0.15, 0.2) is 0 Å². The summed E-state index contributed by atoms with van der Waals surface area (Å²) in [6, 6.07) is 0. The number of esters is 1. The number of nitrogens with one attached hydrogen (secondary N) is 1. The molecule has 0 bridgehead atoms. The summed E-state index contributed by atoms with van der Waals surface area (Å²) in [5.74, 6) is -0.954. The van der Waals surface area contributed by atoms with Gasteiger partial charge < -0.3 is 10.1 Å². The minimum atomic E-state index is -0.570. The molecule has 4 heteroatoms. The number of Topliss-reactive ketones (excluding diaryl/α,β-unsaturated/α-hetero) is 1. The number of carbonyl (C=O) groups is 2. The Hall–Kier alpha value is -0.900. The lowest BCUT2D eigenvalue weighted by Crippen LogP contribution is -2.32. The molecule has 0 aromatic carbocycles. The molecule has 1 heterocycles. The number of ether oxygens (including phenoxy) is 1. The van der Waals surface area contributed by atoms with Gasteiger partial charge in [0.05, 0.1) is 0 Å². The van der Waals surface area contributed by atoms with Gasteiger partial charge in [0.2, 0.25) is 0 Å². The van der Waals surface area contributed by atoms with Crippen molar-refractivity contribution in [3.05, 3.63) is 0 Å². The second-order valence-electron chi connectivity index (χ2n) is 4.84. The second-order valence-corrected chi connectivity index (χ2v) is 4.84. The number of hydrogen-bond acceptors (Lipinski definition) is 4. The molecule has 0 aromatic rings. The molecule has 0 radical (unpaired) electrons. The molecule has 1 fully saturated rings. The third-order valence-corrected chi connectivity index (χ3v) is 2.24. The SMILES string of the molecule is CC(C)(C)OC(=O)C1CCNCCC1=O. The zero-order chi connectivity index (χ0) is 11.5. The van der Waals surface area contributed by atoms with E-state index in [4.69, 9.17) is 4.74 Å². The Kier molecular flexibility index (Phi) is 3.85. The van der Waals surface area contributed by atoms with Crippen LogP contribution in [-0.2, 0) is 14.3 Å². The van der Waals surface area contributed by atoms with Crippen LogP contribution < -0.4 is 5.32 Å². The van der Waals surface area contributed by atoms with Gasteiger partial charge in [-0.15, -0.1) is 0 Å².